The molecule has 0 aromatic rings. The zero-order valence-corrected chi connectivity index (χ0v) is 12.1. The molecule has 0 aliphatic heterocycles. The zero-order chi connectivity index (χ0) is 13.2. The van der Waals surface area contributed by atoms with Crippen LogP contribution >= 0.6 is 0 Å². The van der Waals surface area contributed by atoms with E-state index in [4.69, 9.17) is 0 Å². The molecule has 1 N–H and O–H groups in total. The molecular formula is C12H25NO3S. The molecule has 2 atom stereocenters. The highest BCUT2D eigenvalue weighted by Crippen LogP contribution is 2.34. The van der Waals surface area contributed by atoms with E-state index in [0.717, 1.165) is 12.8 Å². The number of sulfonamides is 1. The molecule has 0 aromatic heterocycles. The van der Waals surface area contributed by atoms with Crippen LogP contribution in [-0.4, -0.2) is 42.3 Å². The van der Waals surface area contributed by atoms with E-state index in [2.05, 4.69) is 13.8 Å². The third-order valence-electron chi connectivity index (χ3n) is 3.77. The second-order valence-corrected chi connectivity index (χ2v) is 7.48. The molecule has 0 saturated heterocycles. The molecule has 1 aliphatic carbocycles. The monoisotopic (exact) mass is 263 g/mol. The van der Waals surface area contributed by atoms with Crippen LogP contribution in [-0.2, 0) is 10.0 Å². The van der Waals surface area contributed by atoms with E-state index >= 15 is 0 Å². The summed E-state index contributed by atoms with van der Waals surface area (Å²) in [6, 6.07) is -0.147. The Balaban J connectivity index is 2.96. The Hall–Kier alpha value is -0.130. The molecule has 5 heteroatoms. The minimum Gasteiger partial charge on any atom is -0.395 e. The lowest BCUT2D eigenvalue weighted by Gasteiger charge is -2.35. The topological polar surface area (TPSA) is 57.6 Å². The van der Waals surface area contributed by atoms with Crippen LogP contribution in [0.1, 0.15) is 40.5 Å². The van der Waals surface area contributed by atoms with Crippen molar-refractivity contribution in [2.45, 2.75) is 52.6 Å². The molecule has 17 heavy (non-hydrogen) atoms. The Morgan fingerprint density at radius 2 is 1.82 bits per heavy atom. The minimum atomic E-state index is -3.21. The van der Waals surface area contributed by atoms with Gasteiger partial charge in [0.2, 0.25) is 10.0 Å². The highest BCUT2D eigenvalue weighted by atomic mass is 32.2. The van der Waals surface area contributed by atoms with Gasteiger partial charge in [0.1, 0.15) is 0 Å². The van der Waals surface area contributed by atoms with E-state index in [1.807, 2.05) is 6.92 Å². The molecule has 102 valence electrons. The first kappa shape index (κ1) is 14.9. The lowest BCUT2D eigenvalue weighted by Crippen LogP contribution is -2.49. The van der Waals surface area contributed by atoms with Crippen LogP contribution in [0, 0.1) is 11.8 Å². The summed E-state index contributed by atoms with van der Waals surface area (Å²) in [5.41, 5.74) is 0. The molecule has 0 spiro atoms. The first-order valence-electron chi connectivity index (χ1n) is 6.47. The predicted molar refractivity (Wildman–Crippen MR) is 69.2 cm³/mol. The molecule has 0 heterocycles. The number of rotatable bonds is 7. The zero-order valence-electron chi connectivity index (χ0n) is 11.3. The summed E-state index contributed by atoms with van der Waals surface area (Å²) >= 11 is 0. The van der Waals surface area contributed by atoms with Crippen molar-refractivity contribution in [2.24, 2.45) is 11.8 Å². The van der Waals surface area contributed by atoms with Gasteiger partial charge in [0.25, 0.3) is 0 Å². The van der Waals surface area contributed by atoms with E-state index in [0.29, 0.717) is 5.92 Å². The van der Waals surface area contributed by atoms with E-state index in [-0.39, 0.29) is 30.4 Å². The van der Waals surface area contributed by atoms with Gasteiger partial charge in [0.05, 0.1) is 18.4 Å². The number of hydrogen-bond acceptors (Lipinski definition) is 3. The normalized spacial score (nSPS) is 20.9. The van der Waals surface area contributed by atoms with Crippen LogP contribution in [0.3, 0.4) is 0 Å². The Kier molecular flexibility index (Phi) is 4.98. The van der Waals surface area contributed by atoms with Gasteiger partial charge in [-0.05, 0) is 31.6 Å². The molecule has 1 fully saturated rings. The number of aliphatic hydroxyl groups is 1. The average molecular weight is 263 g/mol. The molecule has 0 radical (unpaired) electrons. The minimum absolute atomic E-state index is 0.0882. The highest BCUT2D eigenvalue weighted by Gasteiger charge is 2.42. The second kappa shape index (κ2) is 5.67. The van der Waals surface area contributed by atoms with Gasteiger partial charge in [0.15, 0.2) is 0 Å². The van der Waals surface area contributed by atoms with Gasteiger partial charge >= 0.3 is 0 Å². The molecule has 0 aromatic carbocycles. The SMILES string of the molecule is CCS(=O)(=O)N(C1CC1)[C@H](CO)C(C)C(C)C. The first-order valence-corrected chi connectivity index (χ1v) is 8.08. The Morgan fingerprint density at radius 3 is 2.12 bits per heavy atom. The molecule has 4 nitrogen and oxygen atoms in total. The van der Waals surface area contributed by atoms with Crippen LogP contribution in [0.15, 0.2) is 0 Å². The summed E-state index contributed by atoms with van der Waals surface area (Å²) in [4.78, 5) is 0. The molecule has 1 saturated carbocycles. The molecule has 0 bridgehead atoms. The number of aliphatic hydroxyl groups excluding tert-OH is 1. The van der Waals surface area contributed by atoms with E-state index in [1.54, 1.807) is 11.2 Å². The van der Waals surface area contributed by atoms with Crippen LogP contribution in [0.5, 0.6) is 0 Å². The lowest BCUT2D eigenvalue weighted by atomic mass is 9.90. The average Bonchev–Trinajstić information content (AvgIpc) is 3.08. The Morgan fingerprint density at radius 1 is 1.29 bits per heavy atom. The van der Waals surface area contributed by atoms with Crippen molar-refractivity contribution < 1.29 is 13.5 Å². The fraction of sp³-hybridized carbons (Fsp3) is 1.00. The quantitative estimate of drug-likeness (QED) is 0.756. The van der Waals surface area contributed by atoms with Crippen molar-refractivity contribution >= 4 is 10.0 Å². The summed E-state index contributed by atoms with van der Waals surface area (Å²) in [5.74, 6) is 0.646. The fourth-order valence-electron chi connectivity index (χ4n) is 2.11. The van der Waals surface area contributed by atoms with Gasteiger partial charge in [-0.1, -0.05) is 20.8 Å². The van der Waals surface area contributed by atoms with Crippen molar-refractivity contribution in [3.8, 4) is 0 Å². The van der Waals surface area contributed by atoms with Crippen LogP contribution < -0.4 is 0 Å². The maximum absolute atomic E-state index is 12.1. The fourth-order valence-corrected chi connectivity index (χ4v) is 3.74. The summed E-state index contributed by atoms with van der Waals surface area (Å²) in [6.45, 7) is 7.73. The van der Waals surface area contributed by atoms with Gasteiger partial charge < -0.3 is 5.11 Å². The van der Waals surface area contributed by atoms with Crippen LogP contribution in [0.25, 0.3) is 0 Å². The molecular weight excluding hydrogens is 238 g/mol. The first-order chi connectivity index (χ1) is 7.85. The summed E-state index contributed by atoms with van der Waals surface area (Å²) in [5, 5.41) is 9.55. The van der Waals surface area contributed by atoms with Gasteiger partial charge in [-0.15, -0.1) is 0 Å². The van der Waals surface area contributed by atoms with Gasteiger partial charge in [-0.2, -0.15) is 4.31 Å². The van der Waals surface area contributed by atoms with E-state index in [1.165, 1.54) is 0 Å². The Labute approximate surface area is 105 Å². The van der Waals surface area contributed by atoms with Crippen molar-refractivity contribution in [3.63, 3.8) is 0 Å². The summed E-state index contributed by atoms with van der Waals surface area (Å²) in [6.07, 6.45) is 1.86. The number of nitrogens with zero attached hydrogens (tertiary/aromatic N) is 1. The van der Waals surface area contributed by atoms with Crippen molar-refractivity contribution in [2.75, 3.05) is 12.4 Å². The van der Waals surface area contributed by atoms with Crippen molar-refractivity contribution in [1.82, 2.24) is 4.31 Å². The van der Waals surface area contributed by atoms with Crippen LogP contribution in [0.4, 0.5) is 0 Å². The highest BCUT2D eigenvalue weighted by molar-refractivity contribution is 7.89. The maximum atomic E-state index is 12.1. The summed E-state index contributed by atoms with van der Waals surface area (Å²) in [7, 11) is -3.21. The van der Waals surface area contributed by atoms with E-state index < -0.39 is 10.0 Å². The van der Waals surface area contributed by atoms with Crippen molar-refractivity contribution in [1.29, 1.82) is 0 Å². The van der Waals surface area contributed by atoms with Gasteiger partial charge in [0, 0.05) is 6.04 Å². The smallest absolute Gasteiger partial charge is 0.214 e. The third-order valence-corrected chi connectivity index (χ3v) is 5.71. The lowest BCUT2D eigenvalue weighted by molar-refractivity contribution is 0.120. The van der Waals surface area contributed by atoms with E-state index in [9.17, 15) is 13.5 Å². The van der Waals surface area contributed by atoms with Gasteiger partial charge in [-0.3, -0.25) is 0 Å². The summed E-state index contributed by atoms with van der Waals surface area (Å²) < 4.78 is 25.8. The standard InChI is InChI=1S/C12H25NO3S/c1-5-17(15,16)13(11-6-7-11)12(8-14)10(4)9(2)3/h9-12,14H,5-8H2,1-4H3/t10?,12-/m1/s1. The maximum Gasteiger partial charge on any atom is 0.214 e. The molecule has 1 unspecified atom stereocenters. The largest absolute Gasteiger partial charge is 0.395 e. The van der Waals surface area contributed by atoms with Gasteiger partial charge in [-0.25, -0.2) is 8.42 Å². The van der Waals surface area contributed by atoms with Crippen molar-refractivity contribution in [3.05, 3.63) is 0 Å². The predicted octanol–water partition coefficient (Wildman–Crippen LogP) is 1.45. The molecule has 1 aliphatic rings. The second-order valence-electron chi connectivity index (χ2n) is 5.31. The molecule has 0 amide bonds. The third kappa shape index (κ3) is 3.42. The molecule has 1 rings (SSSR count). The van der Waals surface area contributed by atoms with Crippen LogP contribution in [0.2, 0.25) is 0 Å². The number of hydrogen-bond donors (Lipinski definition) is 1. The Bertz CT molecular complexity index is 336.